The first-order chi connectivity index (χ1) is 17.7. The maximum atomic E-state index is 13.2. The number of anilines is 2. The van der Waals surface area contributed by atoms with Crippen molar-refractivity contribution in [3.8, 4) is 6.07 Å². The molecule has 4 rings (SSSR count). The van der Waals surface area contributed by atoms with E-state index in [2.05, 4.69) is 11.4 Å². The number of urea groups is 1. The highest BCUT2D eigenvalue weighted by atomic mass is 16.5. The number of methoxy groups -OCH3 is 2. The summed E-state index contributed by atoms with van der Waals surface area (Å²) < 4.78 is 10.0. The molecule has 2 aromatic rings. The number of esters is 2. The third kappa shape index (κ3) is 4.14. The molecule has 2 aliphatic heterocycles. The van der Waals surface area contributed by atoms with E-state index in [0.29, 0.717) is 5.56 Å². The number of nitriles is 1. The minimum absolute atomic E-state index is 0.00623. The van der Waals surface area contributed by atoms with Gasteiger partial charge in [0.2, 0.25) is 0 Å². The number of carbonyl (C=O) groups excluding carboxylic acids is 4. The van der Waals surface area contributed by atoms with Crippen LogP contribution >= 0.6 is 0 Å². The van der Waals surface area contributed by atoms with E-state index >= 15 is 0 Å². The van der Waals surface area contributed by atoms with Gasteiger partial charge in [-0.2, -0.15) is 5.26 Å². The molecule has 37 heavy (non-hydrogen) atoms. The van der Waals surface area contributed by atoms with Crippen LogP contribution in [0.1, 0.15) is 18.4 Å². The first kappa shape index (κ1) is 25.0. The third-order valence-electron chi connectivity index (χ3n) is 6.09. The molecule has 11 nitrogen and oxygen atoms in total. The number of nitrogens with two attached hydrogens (primary N) is 1. The Balaban J connectivity index is 1.99. The zero-order valence-corrected chi connectivity index (χ0v) is 20.2. The van der Waals surface area contributed by atoms with Gasteiger partial charge in [0.1, 0.15) is 17.6 Å². The average Bonchev–Trinajstić information content (AvgIpc) is 3.17. The summed E-state index contributed by atoms with van der Waals surface area (Å²) in [6.07, 6.45) is 0. The van der Waals surface area contributed by atoms with Crippen molar-refractivity contribution in [2.24, 2.45) is 5.73 Å². The normalized spacial score (nSPS) is 19.5. The highest BCUT2D eigenvalue weighted by Gasteiger charge is 2.43. The molecule has 0 bridgehead atoms. The van der Waals surface area contributed by atoms with Crippen molar-refractivity contribution in [1.82, 2.24) is 5.32 Å². The van der Waals surface area contributed by atoms with Crippen LogP contribution in [-0.2, 0) is 23.9 Å². The second-order valence-electron chi connectivity index (χ2n) is 8.20. The summed E-state index contributed by atoms with van der Waals surface area (Å²) in [7, 11) is 2.30. The molecule has 0 aliphatic carbocycles. The van der Waals surface area contributed by atoms with Gasteiger partial charge in [-0.1, -0.05) is 36.4 Å². The Labute approximate surface area is 212 Å². The van der Waals surface area contributed by atoms with Gasteiger partial charge < -0.3 is 20.5 Å². The van der Waals surface area contributed by atoms with Crippen LogP contribution in [0.3, 0.4) is 0 Å². The number of nitrogens with zero attached hydrogens (tertiary/aromatic N) is 3. The van der Waals surface area contributed by atoms with Crippen LogP contribution < -0.4 is 20.9 Å². The van der Waals surface area contributed by atoms with Crippen LogP contribution in [0.4, 0.5) is 16.2 Å². The van der Waals surface area contributed by atoms with Crippen molar-refractivity contribution in [2.45, 2.75) is 18.9 Å². The molecule has 0 saturated carbocycles. The topological polar surface area (TPSA) is 155 Å². The lowest BCUT2D eigenvalue weighted by atomic mass is 9.81. The van der Waals surface area contributed by atoms with E-state index in [0.717, 1.165) is 19.1 Å². The van der Waals surface area contributed by atoms with Crippen LogP contribution in [0.2, 0.25) is 0 Å². The lowest BCUT2D eigenvalue weighted by molar-refractivity contribution is -0.139. The summed E-state index contributed by atoms with van der Waals surface area (Å²) in [5.74, 6) is -3.38. The SMILES string of the molecule is COC(=O)C1=C(C(=O)OC)N(c2cccc(N3C(=O)NC(C)C3=O)c2)C(N)=C(C#N)C1c1ccccc1. The molecule has 3 N–H and O–H groups in total. The van der Waals surface area contributed by atoms with E-state index < -0.39 is 35.8 Å². The number of carbonyl (C=O) groups is 4. The van der Waals surface area contributed by atoms with Gasteiger partial charge in [-0.25, -0.2) is 19.3 Å². The van der Waals surface area contributed by atoms with E-state index in [1.807, 2.05) is 0 Å². The molecule has 0 radical (unpaired) electrons. The largest absolute Gasteiger partial charge is 0.466 e. The molecule has 2 aliphatic rings. The molecule has 0 spiro atoms. The number of benzene rings is 2. The highest BCUT2D eigenvalue weighted by Crippen LogP contribution is 2.43. The monoisotopic (exact) mass is 501 g/mol. The van der Waals surface area contributed by atoms with Gasteiger partial charge in [0.25, 0.3) is 5.91 Å². The Morgan fingerprint density at radius 2 is 1.59 bits per heavy atom. The number of rotatable bonds is 5. The predicted octanol–water partition coefficient (Wildman–Crippen LogP) is 2.03. The van der Waals surface area contributed by atoms with Gasteiger partial charge >= 0.3 is 18.0 Å². The molecule has 2 unspecified atom stereocenters. The van der Waals surface area contributed by atoms with Crippen molar-refractivity contribution in [3.63, 3.8) is 0 Å². The van der Waals surface area contributed by atoms with Crippen molar-refractivity contribution in [3.05, 3.63) is 82.8 Å². The van der Waals surface area contributed by atoms with Gasteiger partial charge in [-0.3, -0.25) is 9.69 Å². The first-order valence-electron chi connectivity index (χ1n) is 11.1. The van der Waals surface area contributed by atoms with Crippen LogP contribution in [0.25, 0.3) is 0 Å². The number of imide groups is 1. The van der Waals surface area contributed by atoms with E-state index in [4.69, 9.17) is 15.2 Å². The van der Waals surface area contributed by atoms with Crippen LogP contribution in [0, 0.1) is 11.3 Å². The van der Waals surface area contributed by atoms with Crippen molar-refractivity contribution < 1.29 is 28.7 Å². The van der Waals surface area contributed by atoms with Crippen LogP contribution in [0.5, 0.6) is 0 Å². The Morgan fingerprint density at radius 3 is 2.14 bits per heavy atom. The minimum atomic E-state index is -1.01. The molecular formula is C26H23N5O6. The minimum Gasteiger partial charge on any atom is -0.466 e. The molecule has 2 aromatic carbocycles. The number of nitrogens with one attached hydrogen (secondary N) is 1. The van der Waals surface area contributed by atoms with E-state index in [-0.39, 0.29) is 34.0 Å². The zero-order valence-electron chi connectivity index (χ0n) is 20.2. The number of allylic oxidation sites excluding steroid dienone is 1. The Hall–Kier alpha value is -5.11. The molecule has 11 heteroatoms. The van der Waals surface area contributed by atoms with Gasteiger partial charge in [0, 0.05) is 5.69 Å². The fourth-order valence-electron chi connectivity index (χ4n) is 4.40. The summed E-state index contributed by atoms with van der Waals surface area (Å²) >= 11 is 0. The van der Waals surface area contributed by atoms with Crippen molar-refractivity contribution in [2.75, 3.05) is 24.0 Å². The standard InChI is InChI=1S/C26H23N5O6/c1-14-23(32)31(26(35)29-14)17-11-7-10-16(12-17)30-21(25(34)37-3)20(24(33)36-2)19(18(13-27)22(30)28)15-8-5-4-6-9-15/h4-12,14,19H,28H2,1-3H3,(H,29,35). The second kappa shape index (κ2) is 9.87. The van der Waals surface area contributed by atoms with E-state index in [1.54, 1.807) is 49.4 Å². The maximum absolute atomic E-state index is 13.2. The quantitative estimate of drug-likeness (QED) is 0.462. The van der Waals surface area contributed by atoms with Gasteiger partial charge in [0.15, 0.2) is 0 Å². The summed E-state index contributed by atoms with van der Waals surface area (Å²) in [6, 6.07) is 15.4. The van der Waals surface area contributed by atoms with Gasteiger partial charge in [-0.05, 0) is 30.7 Å². The molecule has 0 aromatic heterocycles. The van der Waals surface area contributed by atoms with Gasteiger partial charge in [0.05, 0.1) is 43.0 Å². The number of ether oxygens (including phenoxy) is 2. The summed E-state index contributed by atoms with van der Waals surface area (Å²) in [5.41, 5.74) is 7.01. The maximum Gasteiger partial charge on any atom is 0.355 e. The number of amides is 3. The molecule has 3 amide bonds. The molecule has 2 atom stereocenters. The van der Waals surface area contributed by atoms with Crippen LogP contribution in [0.15, 0.2) is 77.3 Å². The smallest absolute Gasteiger partial charge is 0.355 e. The van der Waals surface area contributed by atoms with Crippen molar-refractivity contribution >= 4 is 35.3 Å². The second-order valence-corrected chi connectivity index (χ2v) is 8.20. The summed E-state index contributed by atoms with van der Waals surface area (Å²) in [6.45, 7) is 1.55. The third-order valence-corrected chi connectivity index (χ3v) is 6.09. The molecule has 2 heterocycles. The molecule has 1 saturated heterocycles. The average molecular weight is 501 g/mol. The fraction of sp³-hybridized carbons (Fsp3) is 0.192. The Bertz CT molecular complexity index is 1410. The van der Waals surface area contributed by atoms with Gasteiger partial charge in [-0.15, -0.1) is 0 Å². The van der Waals surface area contributed by atoms with Crippen molar-refractivity contribution in [1.29, 1.82) is 5.26 Å². The fourth-order valence-corrected chi connectivity index (χ4v) is 4.40. The number of hydrogen-bond donors (Lipinski definition) is 2. The van der Waals surface area contributed by atoms with Crippen LogP contribution in [-0.4, -0.2) is 44.1 Å². The number of hydrogen-bond acceptors (Lipinski definition) is 9. The lowest BCUT2D eigenvalue weighted by Gasteiger charge is -2.36. The summed E-state index contributed by atoms with van der Waals surface area (Å²) in [5, 5.41) is 12.7. The van der Waals surface area contributed by atoms with E-state index in [9.17, 15) is 24.4 Å². The molecular weight excluding hydrogens is 478 g/mol. The summed E-state index contributed by atoms with van der Waals surface area (Å²) in [4.78, 5) is 53.4. The Kier molecular flexibility index (Phi) is 6.67. The molecule has 188 valence electrons. The first-order valence-corrected chi connectivity index (χ1v) is 11.1. The Morgan fingerprint density at radius 1 is 0.973 bits per heavy atom. The highest BCUT2D eigenvalue weighted by molar-refractivity contribution is 6.21. The predicted molar refractivity (Wildman–Crippen MR) is 131 cm³/mol. The zero-order chi connectivity index (χ0) is 26.9. The molecule has 1 fully saturated rings. The lowest BCUT2D eigenvalue weighted by Crippen LogP contribution is -2.41. The van der Waals surface area contributed by atoms with E-state index in [1.165, 1.54) is 17.0 Å².